The van der Waals surface area contributed by atoms with Crippen LogP contribution in [0.2, 0.25) is 0 Å². The number of nitrogens with zero attached hydrogens (tertiary/aromatic N) is 4. The molecule has 0 N–H and O–H groups in total. The number of carbonyl (C=O) groups is 2. The van der Waals surface area contributed by atoms with E-state index in [1.165, 1.54) is 11.1 Å². The van der Waals surface area contributed by atoms with Crippen molar-refractivity contribution in [3.63, 3.8) is 0 Å². The zero-order valence-electron chi connectivity index (χ0n) is 24.9. The Hall–Kier alpha value is -3.56. The van der Waals surface area contributed by atoms with Crippen molar-refractivity contribution in [1.82, 2.24) is 19.6 Å². The minimum Gasteiger partial charge on any atom is -0.336 e. The van der Waals surface area contributed by atoms with Gasteiger partial charge in [-0.05, 0) is 35.4 Å². The summed E-state index contributed by atoms with van der Waals surface area (Å²) in [6, 6.07) is 36.7. The van der Waals surface area contributed by atoms with Crippen LogP contribution in [0.4, 0.5) is 0 Å². The molecule has 0 spiro atoms. The third-order valence-corrected chi connectivity index (χ3v) is 10.8. The fourth-order valence-corrected chi connectivity index (χ4v) is 8.11. The third kappa shape index (κ3) is 7.74. The van der Waals surface area contributed by atoms with Crippen molar-refractivity contribution in [3.05, 3.63) is 131 Å². The fourth-order valence-electron chi connectivity index (χ4n) is 5.76. The fraction of sp³-hybridized carbons (Fsp3) is 0.278. The molecule has 0 aromatic heterocycles. The molecule has 0 atom stereocenters. The monoisotopic (exact) mass is 622 g/mol. The van der Waals surface area contributed by atoms with Gasteiger partial charge in [0.15, 0.2) is 0 Å². The summed E-state index contributed by atoms with van der Waals surface area (Å²) in [6.45, 7) is 8.13. The molecule has 2 fully saturated rings. The molecule has 6 rings (SSSR count). The topological polar surface area (TPSA) is 47.1 Å². The van der Waals surface area contributed by atoms with Gasteiger partial charge in [-0.15, -0.1) is 0 Å². The van der Waals surface area contributed by atoms with Crippen LogP contribution in [0.5, 0.6) is 0 Å². The van der Waals surface area contributed by atoms with E-state index < -0.39 is 0 Å². The van der Waals surface area contributed by atoms with Crippen molar-refractivity contribution in [3.8, 4) is 0 Å². The van der Waals surface area contributed by atoms with Crippen molar-refractivity contribution in [2.45, 2.75) is 22.9 Å². The molecule has 2 amide bonds. The standard InChI is InChI=1S/C36H38N4O2S2/c41-35(39-23-19-37(20-24-39)27-29-11-3-1-4-12-29)31-15-7-9-17-33(31)43-44-34-18-10-8-16-32(34)36(42)40-25-21-38(22-26-40)28-30-13-5-2-6-14-30/h1-18H,19-28H2. The highest BCUT2D eigenvalue weighted by Crippen LogP contribution is 2.41. The Labute approximate surface area is 268 Å². The SMILES string of the molecule is O=C(c1ccccc1SSc1ccccc1C(=O)N1CCN(Cc2ccccc2)CC1)N1CCN(Cc2ccccc2)CC1. The van der Waals surface area contributed by atoms with E-state index in [1.54, 1.807) is 21.6 Å². The Morgan fingerprint density at radius 3 is 1.18 bits per heavy atom. The number of benzene rings is 4. The van der Waals surface area contributed by atoms with Crippen LogP contribution >= 0.6 is 21.6 Å². The Balaban J connectivity index is 1.05. The van der Waals surface area contributed by atoms with Crippen LogP contribution in [0.1, 0.15) is 31.8 Å². The highest BCUT2D eigenvalue weighted by Gasteiger charge is 2.26. The maximum atomic E-state index is 13.6. The van der Waals surface area contributed by atoms with E-state index in [2.05, 4.69) is 58.3 Å². The van der Waals surface area contributed by atoms with Gasteiger partial charge in [-0.2, -0.15) is 0 Å². The Kier molecular flexibility index (Phi) is 10.3. The lowest BCUT2D eigenvalue weighted by molar-refractivity contribution is 0.0618. The molecular weight excluding hydrogens is 585 g/mol. The molecule has 4 aromatic rings. The number of hydrogen-bond acceptors (Lipinski definition) is 6. The van der Waals surface area contributed by atoms with Crippen molar-refractivity contribution in [2.75, 3.05) is 52.4 Å². The predicted molar refractivity (Wildman–Crippen MR) is 180 cm³/mol. The molecule has 226 valence electrons. The lowest BCUT2D eigenvalue weighted by Crippen LogP contribution is -2.48. The number of hydrogen-bond donors (Lipinski definition) is 0. The van der Waals surface area contributed by atoms with Crippen molar-refractivity contribution < 1.29 is 9.59 Å². The maximum absolute atomic E-state index is 13.6. The Morgan fingerprint density at radius 1 is 0.455 bits per heavy atom. The molecule has 0 saturated carbocycles. The van der Waals surface area contributed by atoms with Crippen LogP contribution in [0.3, 0.4) is 0 Å². The zero-order chi connectivity index (χ0) is 30.1. The van der Waals surface area contributed by atoms with E-state index in [4.69, 9.17) is 0 Å². The molecule has 4 aromatic carbocycles. The molecule has 0 aliphatic carbocycles. The average molecular weight is 623 g/mol. The smallest absolute Gasteiger partial charge is 0.255 e. The number of carbonyl (C=O) groups excluding carboxylic acids is 2. The van der Waals surface area contributed by atoms with Crippen LogP contribution in [-0.2, 0) is 13.1 Å². The second kappa shape index (κ2) is 14.9. The molecule has 6 nitrogen and oxygen atoms in total. The highest BCUT2D eigenvalue weighted by molar-refractivity contribution is 8.76. The lowest BCUT2D eigenvalue weighted by Gasteiger charge is -2.35. The summed E-state index contributed by atoms with van der Waals surface area (Å²) in [6.07, 6.45) is 0. The first-order valence-corrected chi connectivity index (χ1v) is 17.4. The maximum Gasteiger partial charge on any atom is 0.255 e. The van der Waals surface area contributed by atoms with Crippen LogP contribution in [0, 0.1) is 0 Å². The molecular formula is C36H38N4O2S2. The molecule has 0 bridgehead atoms. The molecule has 44 heavy (non-hydrogen) atoms. The van der Waals surface area contributed by atoms with Gasteiger partial charge in [-0.3, -0.25) is 19.4 Å². The molecule has 8 heteroatoms. The number of piperazine rings is 2. The lowest BCUT2D eigenvalue weighted by atomic mass is 10.1. The molecule has 2 heterocycles. The van der Waals surface area contributed by atoms with E-state index in [0.717, 1.165) is 60.2 Å². The van der Waals surface area contributed by atoms with Crippen molar-refractivity contribution in [1.29, 1.82) is 0 Å². The molecule has 0 unspecified atom stereocenters. The summed E-state index contributed by atoms with van der Waals surface area (Å²) >= 11 is 0. The Morgan fingerprint density at radius 2 is 0.795 bits per heavy atom. The summed E-state index contributed by atoms with van der Waals surface area (Å²) in [7, 11) is 3.11. The molecule has 2 aliphatic rings. The van der Waals surface area contributed by atoms with E-state index in [1.807, 2.05) is 70.5 Å². The minimum atomic E-state index is 0.0748. The predicted octanol–water partition coefficient (Wildman–Crippen LogP) is 6.40. The van der Waals surface area contributed by atoms with E-state index in [-0.39, 0.29) is 11.8 Å². The summed E-state index contributed by atoms with van der Waals surface area (Å²) in [5.41, 5.74) is 4.05. The second-order valence-corrected chi connectivity index (χ2v) is 13.5. The third-order valence-electron chi connectivity index (χ3n) is 8.27. The second-order valence-electron chi connectivity index (χ2n) is 11.3. The van der Waals surface area contributed by atoms with E-state index in [0.29, 0.717) is 26.2 Å². The van der Waals surface area contributed by atoms with Crippen molar-refractivity contribution >= 4 is 33.4 Å². The zero-order valence-corrected chi connectivity index (χ0v) is 26.5. The molecule has 2 saturated heterocycles. The quantitative estimate of drug-likeness (QED) is 0.201. The first-order valence-electron chi connectivity index (χ1n) is 15.3. The van der Waals surface area contributed by atoms with Crippen LogP contribution in [-0.4, -0.2) is 83.8 Å². The summed E-state index contributed by atoms with van der Waals surface area (Å²) in [5, 5.41) is 0. The van der Waals surface area contributed by atoms with Gasteiger partial charge in [0.1, 0.15) is 0 Å². The summed E-state index contributed by atoms with van der Waals surface area (Å²) in [4.78, 5) is 37.9. The van der Waals surface area contributed by atoms with Crippen LogP contribution < -0.4 is 0 Å². The number of amides is 2. The van der Waals surface area contributed by atoms with Gasteiger partial charge in [0, 0.05) is 75.2 Å². The van der Waals surface area contributed by atoms with Gasteiger partial charge < -0.3 is 9.80 Å². The molecule has 2 aliphatic heterocycles. The number of rotatable bonds is 9. The van der Waals surface area contributed by atoms with E-state index >= 15 is 0 Å². The first-order chi connectivity index (χ1) is 21.6. The first kappa shape index (κ1) is 30.5. The summed E-state index contributed by atoms with van der Waals surface area (Å²) < 4.78 is 0. The van der Waals surface area contributed by atoms with Gasteiger partial charge in [0.05, 0.1) is 11.1 Å². The van der Waals surface area contributed by atoms with Gasteiger partial charge in [0.25, 0.3) is 11.8 Å². The minimum absolute atomic E-state index is 0.0748. The van der Waals surface area contributed by atoms with Gasteiger partial charge >= 0.3 is 0 Å². The van der Waals surface area contributed by atoms with Gasteiger partial charge in [-0.25, -0.2) is 0 Å². The largest absolute Gasteiger partial charge is 0.336 e. The van der Waals surface area contributed by atoms with Gasteiger partial charge in [0.2, 0.25) is 0 Å². The summed E-state index contributed by atoms with van der Waals surface area (Å²) in [5.74, 6) is 0.150. The normalized spacial score (nSPS) is 16.2. The molecule has 0 radical (unpaired) electrons. The van der Waals surface area contributed by atoms with Gasteiger partial charge in [-0.1, -0.05) is 107 Å². The van der Waals surface area contributed by atoms with Crippen LogP contribution in [0.25, 0.3) is 0 Å². The average Bonchev–Trinajstić information content (AvgIpc) is 3.09. The van der Waals surface area contributed by atoms with E-state index in [9.17, 15) is 9.59 Å². The van der Waals surface area contributed by atoms with Crippen molar-refractivity contribution in [2.24, 2.45) is 0 Å². The highest BCUT2D eigenvalue weighted by atomic mass is 33.1. The van der Waals surface area contributed by atoms with Crippen LogP contribution in [0.15, 0.2) is 119 Å². The Bertz CT molecular complexity index is 1420.